The normalized spacial score (nSPS) is 11.3. The predicted molar refractivity (Wildman–Crippen MR) is 77.2 cm³/mol. The van der Waals surface area contributed by atoms with Gasteiger partial charge in [-0.25, -0.2) is 13.6 Å². The first-order chi connectivity index (χ1) is 9.43. The molecule has 0 saturated carbocycles. The number of hydrogen-bond acceptors (Lipinski definition) is 4. The van der Waals surface area contributed by atoms with Gasteiger partial charge in [0, 0.05) is 13.0 Å². The summed E-state index contributed by atoms with van der Waals surface area (Å²) < 4.78 is 22.2. The quantitative estimate of drug-likeness (QED) is 0.605. The second-order valence-corrected chi connectivity index (χ2v) is 6.13. The number of benzene rings is 1. The summed E-state index contributed by atoms with van der Waals surface area (Å²) in [4.78, 5) is 11.6. The summed E-state index contributed by atoms with van der Waals surface area (Å²) in [5, 5.41) is 7.79. The Morgan fingerprint density at radius 1 is 1.10 bits per heavy atom. The van der Waals surface area contributed by atoms with Gasteiger partial charge in [0.2, 0.25) is 15.9 Å². The number of sulfonamides is 1. The molecule has 20 heavy (non-hydrogen) atoms. The molecule has 0 heterocycles. The lowest BCUT2D eigenvalue weighted by atomic mass is 10.2. The average molecular weight is 299 g/mol. The van der Waals surface area contributed by atoms with E-state index in [1.807, 2.05) is 0 Å². The molecule has 1 aromatic carbocycles. The van der Waals surface area contributed by atoms with Crippen LogP contribution >= 0.6 is 0 Å². The number of hydrogen-bond donors (Lipinski definition) is 3. The Kier molecular flexibility index (Phi) is 6.63. The van der Waals surface area contributed by atoms with Crippen molar-refractivity contribution in [2.75, 3.05) is 6.54 Å². The minimum absolute atomic E-state index is 0.0162. The first-order valence-corrected chi connectivity index (χ1v) is 8.06. The fourth-order valence-electron chi connectivity index (χ4n) is 1.69. The van der Waals surface area contributed by atoms with E-state index in [1.54, 1.807) is 12.1 Å². The van der Waals surface area contributed by atoms with Gasteiger partial charge in [-0.3, -0.25) is 4.79 Å². The number of carbonyl (C=O) groups excluding carboxylic acids is 1. The lowest BCUT2D eigenvalue weighted by Gasteiger charge is -2.06. The summed E-state index contributed by atoms with van der Waals surface area (Å²) in [6, 6.07) is 6.12. The van der Waals surface area contributed by atoms with Crippen molar-refractivity contribution in [2.24, 2.45) is 10.9 Å². The Balaban J connectivity index is 2.37. The fourth-order valence-corrected chi connectivity index (χ4v) is 2.21. The Bertz CT molecular complexity index is 526. The van der Waals surface area contributed by atoms with Crippen LogP contribution in [-0.2, 0) is 21.4 Å². The van der Waals surface area contributed by atoms with Crippen molar-refractivity contribution < 1.29 is 13.2 Å². The van der Waals surface area contributed by atoms with Crippen LogP contribution in [-0.4, -0.2) is 20.9 Å². The van der Waals surface area contributed by atoms with E-state index >= 15 is 0 Å². The van der Waals surface area contributed by atoms with Gasteiger partial charge in [0.05, 0.1) is 4.90 Å². The van der Waals surface area contributed by atoms with Crippen LogP contribution in [0.25, 0.3) is 0 Å². The second-order valence-electron chi connectivity index (χ2n) is 4.57. The Hall–Kier alpha value is -1.44. The molecule has 6 nitrogen and oxygen atoms in total. The summed E-state index contributed by atoms with van der Waals surface area (Å²) in [6.45, 7) is 1.03. The molecule has 0 saturated heterocycles. The van der Waals surface area contributed by atoms with E-state index in [-0.39, 0.29) is 10.8 Å². The zero-order valence-corrected chi connectivity index (χ0v) is 12.2. The molecule has 1 rings (SSSR count). The van der Waals surface area contributed by atoms with Gasteiger partial charge in [0.25, 0.3) is 0 Å². The molecule has 0 aliphatic heterocycles. The van der Waals surface area contributed by atoms with Gasteiger partial charge >= 0.3 is 0 Å². The molecule has 0 aliphatic rings. The zero-order chi connectivity index (χ0) is 15.0. The second kappa shape index (κ2) is 7.98. The van der Waals surface area contributed by atoms with Crippen molar-refractivity contribution in [3.8, 4) is 0 Å². The highest BCUT2D eigenvalue weighted by Crippen LogP contribution is 2.08. The third kappa shape index (κ3) is 6.14. The number of primary sulfonamides is 1. The Labute approximate surface area is 119 Å². The lowest BCUT2D eigenvalue weighted by Crippen LogP contribution is -2.22. The van der Waals surface area contributed by atoms with Gasteiger partial charge in [-0.1, -0.05) is 18.6 Å². The number of nitrogens with two attached hydrogens (primary N) is 2. The SMILES string of the molecule is NCCCCCC(=O)NCc1ccc(S(N)(=O)=O)cc1. The van der Waals surface area contributed by atoms with Crippen molar-refractivity contribution in [3.63, 3.8) is 0 Å². The maximum absolute atomic E-state index is 11.5. The monoisotopic (exact) mass is 299 g/mol. The maximum Gasteiger partial charge on any atom is 0.238 e. The van der Waals surface area contributed by atoms with Crippen LogP contribution < -0.4 is 16.2 Å². The summed E-state index contributed by atoms with van der Waals surface area (Å²) >= 11 is 0. The van der Waals surface area contributed by atoms with Gasteiger partial charge in [-0.15, -0.1) is 0 Å². The van der Waals surface area contributed by atoms with Crippen LogP contribution in [0.2, 0.25) is 0 Å². The molecule has 0 fully saturated rings. The van der Waals surface area contributed by atoms with Crippen molar-refractivity contribution in [1.29, 1.82) is 0 Å². The molecule has 0 atom stereocenters. The summed E-state index contributed by atoms with van der Waals surface area (Å²) in [6.07, 6.45) is 3.19. The zero-order valence-electron chi connectivity index (χ0n) is 11.3. The smallest absolute Gasteiger partial charge is 0.238 e. The number of nitrogens with one attached hydrogen (secondary N) is 1. The molecule has 0 aliphatic carbocycles. The molecule has 0 unspecified atom stereocenters. The highest BCUT2D eigenvalue weighted by molar-refractivity contribution is 7.89. The highest BCUT2D eigenvalue weighted by atomic mass is 32.2. The standard InChI is InChI=1S/C13H21N3O3S/c14-9-3-1-2-4-13(17)16-10-11-5-7-12(8-6-11)20(15,18)19/h5-8H,1-4,9-10,14H2,(H,16,17)(H2,15,18,19). The first-order valence-electron chi connectivity index (χ1n) is 6.52. The van der Waals surface area contributed by atoms with Crippen LogP contribution in [0.15, 0.2) is 29.2 Å². The maximum atomic E-state index is 11.5. The van der Waals surface area contributed by atoms with Crippen LogP contribution in [0.3, 0.4) is 0 Å². The molecule has 0 bridgehead atoms. The van der Waals surface area contributed by atoms with Gasteiger partial charge in [0.1, 0.15) is 0 Å². The molecule has 0 radical (unpaired) electrons. The average Bonchev–Trinajstić information content (AvgIpc) is 2.41. The van der Waals surface area contributed by atoms with E-state index in [1.165, 1.54) is 12.1 Å². The third-order valence-electron chi connectivity index (χ3n) is 2.85. The molecular formula is C13H21N3O3S. The van der Waals surface area contributed by atoms with Crippen LogP contribution in [0.1, 0.15) is 31.2 Å². The number of amides is 1. The van der Waals surface area contributed by atoms with Crippen LogP contribution in [0.5, 0.6) is 0 Å². The van der Waals surface area contributed by atoms with E-state index in [9.17, 15) is 13.2 Å². The van der Waals surface area contributed by atoms with Crippen molar-refractivity contribution in [3.05, 3.63) is 29.8 Å². The fraction of sp³-hybridized carbons (Fsp3) is 0.462. The first kappa shape index (κ1) is 16.6. The van der Waals surface area contributed by atoms with E-state index in [0.717, 1.165) is 24.8 Å². The summed E-state index contributed by atoms with van der Waals surface area (Å²) in [5.74, 6) is -0.0162. The Morgan fingerprint density at radius 2 is 1.75 bits per heavy atom. The molecule has 112 valence electrons. The van der Waals surface area contributed by atoms with Crippen molar-refractivity contribution in [2.45, 2.75) is 37.1 Å². The molecule has 7 heteroatoms. The van der Waals surface area contributed by atoms with Crippen molar-refractivity contribution in [1.82, 2.24) is 5.32 Å². The molecule has 0 aromatic heterocycles. The van der Waals surface area contributed by atoms with Gasteiger partial charge in [-0.05, 0) is 37.1 Å². The van der Waals surface area contributed by atoms with E-state index < -0.39 is 10.0 Å². The molecule has 0 spiro atoms. The largest absolute Gasteiger partial charge is 0.352 e. The number of carbonyl (C=O) groups is 1. The van der Waals surface area contributed by atoms with E-state index in [4.69, 9.17) is 10.9 Å². The number of unbranched alkanes of at least 4 members (excludes halogenated alkanes) is 2. The van der Waals surface area contributed by atoms with Crippen LogP contribution in [0, 0.1) is 0 Å². The topological polar surface area (TPSA) is 115 Å². The lowest BCUT2D eigenvalue weighted by molar-refractivity contribution is -0.121. The van der Waals surface area contributed by atoms with Gasteiger partial charge < -0.3 is 11.1 Å². The van der Waals surface area contributed by atoms with Crippen LogP contribution in [0.4, 0.5) is 0 Å². The van der Waals surface area contributed by atoms with Gasteiger partial charge in [0.15, 0.2) is 0 Å². The molecule has 5 N–H and O–H groups in total. The highest BCUT2D eigenvalue weighted by Gasteiger charge is 2.07. The third-order valence-corrected chi connectivity index (χ3v) is 3.78. The van der Waals surface area contributed by atoms with E-state index in [2.05, 4.69) is 5.32 Å². The molecular weight excluding hydrogens is 278 g/mol. The number of rotatable bonds is 8. The minimum Gasteiger partial charge on any atom is -0.352 e. The molecule has 1 amide bonds. The molecule has 1 aromatic rings. The minimum atomic E-state index is -3.67. The summed E-state index contributed by atoms with van der Waals surface area (Å²) in [7, 11) is -3.67. The predicted octanol–water partition coefficient (Wildman–Crippen LogP) is 0.469. The van der Waals surface area contributed by atoms with Crippen molar-refractivity contribution >= 4 is 15.9 Å². The van der Waals surface area contributed by atoms with Gasteiger partial charge in [-0.2, -0.15) is 0 Å². The summed E-state index contributed by atoms with van der Waals surface area (Å²) in [5.41, 5.74) is 6.20. The van der Waals surface area contributed by atoms with E-state index in [0.29, 0.717) is 19.5 Å². The Morgan fingerprint density at radius 3 is 2.30 bits per heavy atom.